The number of aliphatic hydroxyl groups is 1. The molecule has 5 rings (SSSR count). The van der Waals surface area contributed by atoms with Gasteiger partial charge in [-0.25, -0.2) is 13.8 Å². The lowest BCUT2D eigenvalue weighted by atomic mass is 9.70. The molecule has 0 bridgehead atoms. The summed E-state index contributed by atoms with van der Waals surface area (Å²) in [5, 5.41) is 14.1. The van der Waals surface area contributed by atoms with Crippen LogP contribution in [0, 0.1) is 11.6 Å². The fraction of sp³-hybridized carbons (Fsp3) is 0.452. The lowest BCUT2D eigenvalue weighted by Gasteiger charge is -2.54. The molecular weight excluding hydrogens is 582 g/mol. The number of rotatable bonds is 8. The molecule has 0 spiro atoms. The number of carbonyl (C=O) groups excluding carboxylic acids is 2. The van der Waals surface area contributed by atoms with Crippen molar-refractivity contribution in [1.29, 1.82) is 0 Å². The molecule has 11 heteroatoms. The van der Waals surface area contributed by atoms with Gasteiger partial charge in [0.25, 0.3) is 5.91 Å². The zero-order chi connectivity index (χ0) is 30.4. The van der Waals surface area contributed by atoms with E-state index in [1.807, 2.05) is 32.9 Å². The van der Waals surface area contributed by atoms with Gasteiger partial charge in [-0.05, 0) is 76.3 Å². The minimum Gasteiger partial charge on any atom is -0.390 e. The number of hydrogen-bond acceptors (Lipinski definition) is 6. The van der Waals surface area contributed by atoms with Gasteiger partial charge in [0.05, 0.1) is 21.7 Å². The molecular formula is C31H35ClF2N4O3S. The van der Waals surface area contributed by atoms with Gasteiger partial charge in [0, 0.05) is 47.6 Å². The monoisotopic (exact) mass is 616 g/mol. The number of thiazole rings is 1. The number of primary amides is 1. The van der Waals surface area contributed by atoms with Crippen LogP contribution in [-0.4, -0.2) is 51.5 Å². The molecule has 3 aromatic rings. The second-order valence-corrected chi connectivity index (χ2v) is 13.9. The summed E-state index contributed by atoms with van der Waals surface area (Å²) >= 11 is 7.15. The third-order valence-corrected chi connectivity index (χ3v) is 9.91. The van der Waals surface area contributed by atoms with Gasteiger partial charge in [-0.15, -0.1) is 11.3 Å². The third kappa shape index (κ3) is 6.22. The molecule has 224 valence electrons. The Morgan fingerprint density at radius 1 is 1.19 bits per heavy atom. The first-order chi connectivity index (χ1) is 19.7. The van der Waals surface area contributed by atoms with Crippen LogP contribution in [-0.2, 0) is 15.7 Å². The van der Waals surface area contributed by atoms with Crippen molar-refractivity contribution < 1.29 is 23.5 Å². The van der Waals surface area contributed by atoms with E-state index in [2.05, 4.69) is 15.2 Å². The standard InChI is InChI=1S/C31H35ClF2N4O3S/c1-29(2,18-5-4-6-19(32)13-18)37-24(39)15-31(16-38(17-31)21-9-11-30(3,41)12-10-21)26-25(42-28(36-26)27(35)40)22-8-7-20(33)14-23(22)34/h4-8,13-14,21,41H,9-12,15-17H2,1-3H3,(H2,35,40)(H,37,39). The predicted molar refractivity (Wildman–Crippen MR) is 159 cm³/mol. The number of nitrogens with zero attached hydrogens (tertiary/aromatic N) is 2. The molecule has 4 N–H and O–H groups in total. The van der Waals surface area contributed by atoms with Crippen molar-refractivity contribution in [2.45, 2.75) is 75.5 Å². The Morgan fingerprint density at radius 2 is 1.88 bits per heavy atom. The van der Waals surface area contributed by atoms with E-state index in [1.54, 1.807) is 12.1 Å². The van der Waals surface area contributed by atoms with E-state index >= 15 is 4.39 Å². The van der Waals surface area contributed by atoms with E-state index in [-0.39, 0.29) is 28.9 Å². The molecule has 0 atom stereocenters. The van der Waals surface area contributed by atoms with Crippen molar-refractivity contribution in [2.75, 3.05) is 13.1 Å². The first-order valence-corrected chi connectivity index (χ1v) is 15.2. The Balaban J connectivity index is 1.50. The van der Waals surface area contributed by atoms with Gasteiger partial charge in [0.15, 0.2) is 5.01 Å². The van der Waals surface area contributed by atoms with Crippen LogP contribution in [0.5, 0.6) is 0 Å². The van der Waals surface area contributed by atoms with Gasteiger partial charge >= 0.3 is 0 Å². The number of nitrogens with two attached hydrogens (primary N) is 1. The average Bonchev–Trinajstić information content (AvgIpc) is 3.32. The highest BCUT2D eigenvalue weighted by Gasteiger charge is 2.52. The largest absolute Gasteiger partial charge is 0.390 e. The van der Waals surface area contributed by atoms with Gasteiger partial charge in [0.2, 0.25) is 5.91 Å². The van der Waals surface area contributed by atoms with Gasteiger partial charge in [-0.2, -0.15) is 0 Å². The lowest BCUT2D eigenvalue weighted by molar-refractivity contribution is -0.127. The number of halogens is 3. The quantitative estimate of drug-likeness (QED) is 0.308. The SMILES string of the molecule is CC1(O)CCC(N2CC(CC(=O)NC(C)(C)c3cccc(Cl)c3)(c3nc(C(N)=O)sc3-c3ccc(F)cc3F)C2)CC1. The van der Waals surface area contributed by atoms with Crippen molar-refractivity contribution >= 4 is 34.8 Å². The summed E-state index contributed by atoms with van der Waals surface area (Å²) in [7, 11) is 0. The van der Waals surface area contributed by atoms with Gasteiger partial charge in [-0.3, -0.25) is 14.5 Å². The summed E-state index contributed by atoms with van der Waals surface area (Å²) in [5.74, 6) is -2.52. The van der Waals surface area contributed by atoms with Gasteiger partial charge < -0.3 is 16.2 Å². The summed E-state index contributed by atoms with van der Waals surface area (Å²) in [6, 6.07) is 10.8. The molecule has 2 aromatic carbocycles. The summed E-state index contributed by atoms with van der Waals surface area (Å²) in [4.78, 5) is 33.2. The van der Waals surface area contributed by atoms with E-state index in [9.17, 15) is 19.1 Å². The Hall–Kier alpha value is -2.92. The Kier molecular flexibility index (Phi) is 8.21. The molecule has 1 aliphatic carbocycles. The van der Waals surface area contributed by atoms with E-state index in [1.165, 1.54) is 6.07 Å². The highest BCUT2D eigenvalue weighted by molar-refractivity contribution is 7.17. The average molecular weight is 617 g/mol. The van der Waals surface area contributed by atoms with Crippen LogP contribution >= 0.6 is 22.9 Å². The van der Waals surface area contributed by atoms with Crippen molar-refractivity contribution in [3.05, 3.63) is 75.4 Å². The summed E-state index contributed by atoms with van der Waals surface area (Å²) < 4.78 is 28.9. The number of hydrogen-bond donors (Lipinski definition) is 3. The molecule has 0 unspecified atom stereocenters. The molecule has 2 aliphatic rings. The molecule has 42 heavy (non-hydrogen) atoms. The van der Waals surface area contributed by atoms with Crippen molar-refractivity contribution in [1.82, 2.24) is 15.2 Å². The number of aromatic nitrogens is 1. The van der Waals surface area contributed by atoms with Crippen molar-refractivity contribution in [3.8, 4) is 10.4 Å². The maximum absolute atomic E-state index is 15.1. The van der Waals surface area contributed by atoms with E-state index < -0.39 is 34.1 Å². The molecule has 7 nitrogen and oxygen atoms in total. The summed E-state index contributed by atoms with van der Waals surface area (Å²) in [5.41, 5.74) is 4.65. The van der Waals surface area contributed by atoms with Crippen LogP contribution in [0.15, 0.2) is 42.5 Å². The second kappa shape index (κ2) is 11.3. The van der Waals surface area contributed by atoms with Crippen LogP contribution in [0.2, 0.25) is 5.02 Å². The third-order valence-electron chi connectivity index (χ3n) is 8.57. The number of nitrogens with one attached hydrogen (secondary N) is 1. The number of likely N-dealkylation sites (tertiary alicyclic amines) is 1. The van der Waals surface area contributed by atoms with E-state index in [4.69, 9.17) is 17.3 Å². The fourth-order valence-corrected chi connectivity index (χ4v) is 7.47. The molecule has 1 aromatic heterocycles. The van der Waals surface area contributed by atoms with Crippen LogP contribution < -0.4 is 11.1 Å². The molecule has 1 saturated carbocycles. The molecule has 1 aliphatic heterocycles. The van der Waals surface area contributed by atoms with Crippen molar-refractivity contribution in [2.24, 2.45) is 5.73 Å². The Labute approximate surface area is 253 Å². The summed E-state index contributed by atoms with van der Waals surface area (Å²) in [6.45, 7) is 6.51. The van der Waals surface area contributed by atoms with E-state index in [0.29, 0.717) is 41.5 Å². The van der Waals surface area contributed by atoms with Crippen LogP contribution in [0.25, 0.3) is 10.4 Å². The smallest absolute Gasteiger partial charge is 0.277 e. The number of benzene rings is 2. The van der Waals surface area contributed by atoms with Crippen LogP contribution in [0.3, 0.4) is 0 Å². The van der Waals surface area contributed by atoms with Crippen LogP contribution in [0.4, 0.5) is 8.78 Å². The molecule has 2 heterocycles. The maximum atomic E-state index is 15.1. The van der Waals surface area contributed by atoms with Gasteiger partial charge in [0.1, 0.15) is 11.6 Å². The normalized spacial score (nSPS) is 22.4. The molecule has 0 radical (unpaired) electrons. The minimum atomic E-state index is -0.852. The summed E-state index contributed by atoms with van der Waals surface area (Å²) in [6.07, 6.45) is 2.98. The number of amides is 2. The first-order valence-electron chi connectivity index (χ1n) is 14.0. The highest BCUT2D eigenvalue weighted by Crippen LogP contribution is 2.47. The zero-order valence-electron chi connectivity index (χ0n) is 23.8. The predicted octanol–water partition coefficient (Wildman–Crippen LogP) is 5.53. The Morgan fingerprint density at radius 3 is 2.50 bits per heavy atom. The van der Waals surface area contributed by atoms with Crippen LogP contribution in [0.1, 0.15) is 73.9 Å². The minimum absolute atomic E-state index is 0.00470. The van der Waals surface area contributed by atoms with Gasteiger partial charge in [-0.1, -0.05) is 23.7 Å². The molecule has 1 saturated heterocycles. The fourth-order valence-electron chi connectivity index (χ4n) is 6.21. The Bertz CT molecular complexity index is 1510. The molecule has 2 fully saturated rings. The maximum Gasteiger partial charge on any atom is 0.277 e. The topological polar surface area (TPSA) is 109 Å². The zero-order valence-corrected chi connectivity index (χ0v) is 25.4. The first kappa shape index (κ1) is 30.5. The highest BCUT2D eigenvalue weighted by atomic mass is 35.5. The second-order valence-electron chi connectivity index (χ2n) is 12.5. The molecule has 2 amide bonds. The van der Waals surface area contributed by atoms with E-state index in [0.717, 1.165) is 41.9 Å². The lowest BCUT2D eigenvalue weighted by Crippen LogP contribution is -2.65. The van der Waals surface area contributed by atoms with Crippen molar-refractivity contribution in [3.63, 3.8) is 0 Å². The number of carbonyl (C=O) groups is 2.